The Labute approximate surface area is 184 Å². The van der Waals surface area contributed by atoms with Crippen LogP contribution in [0.3, 0.4) is 0 Å². The van der Waals surface area contributed by atoms with Crippen molar-refractivity contribution in [2.75, 3.05) is 43.4 Å². The summed E-state index contributed by atoms with van der Waals surface area (Å²) in [6.45, 7) is 6.96. The van der Waals surface area contributed by atoms with E-state index < -0.39 is 0 Å². The molecule has 1 aliphatic rings. The van der Waals surface area contributed by atoms with E-state index in [1.165, 1.54) is 24.3 Å². The Balaban J connectivity index is 1.45. The largest absolute Gasteiger partial charge is 0.325 e. The summed E-state index contributed by atoms with van der Waals surface area (Å²) in [4.78, 5) is 29.0. The van der Waals surface area contributed by atoms with E-state index in [9.17, 15) is 14.0 Å². The molecule has 0 aromatic heterocycles. The first-order valence-corrected chi connectivity index (χ1v) is 10.7. The van der Waals surface area contributed by atoms with Crippen LogP contribution in [-0.4, -0.2) is 60.4 Å². The molecular formula is C22H26BrFN4O2. The van der Waals surface area contributed by atoms with E-state index in [1.807, 2.05) is 32.0 Å². The fourth-order valence-corrected chi connectivity index (χ4v) is 3.96. The van der Waals surface area contributed by atoms with Gasteiger partial charge in [-0.25, -0.2) is 4.39 Å². The molecule has 1 fully saturated rings. The highest BCUT2D eigenvalue weighted by Gasteiger charge is 2.26. The maximum absolute atomic E-state index is 13.0. The van der Waals surface area contributed by atoms with Crippen LogP contribution in [0.25, 0.3) is 0 Å². The summed E-state index contributed by atoms with van der Waals surface area (Å²) in [6, 6.07) is 11.3. The molecule has 1 aliphatic heterocycles. The predicted molar refractivity (Wildman–Crippen MR) is 120 cm³/mol. The van der Waals surface area contributed by atoms with Crippen LogP contribution >= 0.6 is 15.9 Å². The summed E-state index contributed by atoms with van der Waals surface area (Å²) in [5, 5.41) is 5.75. The molecule has 0 spiro atoms. The van der Waals surface area contributed by atoms with Gasteiger partial charge in [0.1, 0.15) is 5.82 Å². The molecule has 1 heterocycles. The number of nitrogens with one attached hydrogen (secondary N) is 2. The van der Waals surface area contributed by atoms with Crippen LogP contribution in [0.1, 0.15) is 12.5 Å². The van der Waals surface area contributed by atoms with Crippen LogP contribution in [0.2, 0.25) is 0 Å². The number of amides is 2. The number of halogens is 2. The first kappa shape index (κ1) is 22.4. The normalized spacial score (nSPS) is 16.1. The molecule has 8 heteroatoms. The van der Waals surface area contributed by atoms with Gasteiger partial charge < -0.3 is 10.6 Å². The third-order valence-electron chi connectivity index (χ3n) is 5.21. The van der Waals surface area contributed by atoms with Crippen molar-refractivity contribution < 1.29 is 14.0 Å². The van der Waals surface area contributed by atoms with Crippen LogP contribution < -0.4 is 10.6 Å². The molecule has 1 saturated heterocycles. The van der Waals surface area contributed by atoms with Gasteiger partial charge in [0.05, 0.1) is 18.3 Å². The number of hydrogen-bond acceptors (Lipinski definition) is 4. The quantitative estimate of drug-likeness (QED) is 0.669. The molecule has 160 valence electrons. The first-order valence-electron chi connectivity index (χ1n) is 9.90. The molecule has 2 aromatic carbocycles. The lowest BCUT2D eigenvalue weighted by Gasteiger charge is -2.37. The lowest BCUT2D eigenvalue weighted by Crippen LogP contribution is -2.53. The van der Waals surface area contributed by atoms with Gasteiger partial charge in [-0.3, -0.25) is 19.4 Å². The summed E-state index contributed by atoms with van der Waals surface area (Å²) in [6.07, 6.45) is 0. The molecule has 0 saturated carbocycles. The van der Waals surface area contributed by atoms with Crippen molar-refractivity contribution in [3.8, 4) is 0 Å². The molecule has 1 atom stereocenters. The minimum absolute atomic E-state index is 0.0537. The van der Waals surface area contributed by atoms with Gasteiger partial charge in [0, 0.05) is 36.3 Å². The number of hydrogen-bond donors (Lipinski definition) is 2. The summed E-state index contributed by atoms with van der Waals surface area (Å²) in [7, 11) is 0. The number of rotatable bonds is 6. The Bertz CT molecular complexity index is 899. The standard InChI is InChI=1S/C22H26BrFN4O2/c1-15-3-8-20(19(23)13-15)26-22(30)16(2)28-11-9-27(10-12-28)14-21(29)25-18-6-4-17(24)5-7-18/h3-8,13,16H,9-12,14H2,1-2H3,(H,25,29)(H,26,30). The lowest BCUT2D eigenvalue weighted by atomic mass is 10.2. The smallest absolute Gasteiger partial charge is 0.241 e. The van der Waals surface area contributed by atoms with Crippen molar-refractivity contribution in [2.24, 2.45) is 0 Å². The van der Waals surface area contributed by atoms with Gasteiger partial charge in [0.2, 0.25) is 11.8 Å². The van der Waals surface area contributed by atoms with E-state index in [0.717, 1.165) is 15.7 Å². The summed E-state index contributed by atoms with van der Waals surface area (Å²) in [5.74, 6) is -0.524. The van der Waals surface area contributed by atoms with Gasteiger partial charge in [-0.15, -0.1) is 0 Å². The highest BCUT2D eigenvalue weighted by Crippen LogP contribution is 2.24. The van der Waals surface area contributed by atoms with Crippen molar-refractivity contribution in [1.29, 1.82) is 0 Å². The van der Waals surface area contributed by atoms with Gasteiger partial charge in [-0.2, -0.15) is 0 Å². The highest BCUT2D eigenvalue weighted by molar-refractivity contribution is 9.10. The van der Waals surface area contributed by atoms with Gasteiger partial charge in [0.25, 0.3) is 0 Å². The number of carbonyl (C=O) groups is 2. The molecule has 2 N–H and O–H groups in total. The molecule has 0 aliphatic carbocycles. The van der Waals surface area contributed by atoms with Crippen molar-refractivity contribution in [2.45, 2.75) is 19.9 Å². The second-order valence-electron chi connectivity index (χ2n) is 7.52. The second kappa shape index (κ2) is 10.1. The minimum Gasteiger partial charge on any atom is -0.325 e. The van der Waals surface area contributed by atoms with Crippen molar-refractivity contribution in [3.05, 3.63) is 58.3 Å². The van der Waals surface area contributed by atoms with Gasteiger partial charge in [-0.05, 0) is 71.7 Å². The lowest BCUT2D eigenvalue weighted by molar-refractivity contribution is -0.122. The SMILES string of the molecule is Cc1ccc(NC(=O)C(C)N2CCN(CC(=O)Nc3ccc(F)cc3)CC2)c(Br)c1. The topological polar surface area (TPSA) is 64.7 Å². The van der Waals surface area contributed by atoms with Crippen LogP contribution in [0, 0.1) is 12.7 Å². The molecule has 0 radical (unpaired) electrons. The third-order valence-corrected chi connectivity index (χ3v) is 5.87. The van der Waals surface area contributed by atoms with Crippen LogP contribution in [0.5, 0.6) is 0 Å². The Morgan fingerprint density at radius 3 is 2.37 bits per heavy atom. The average molecular weight is 477 g/mol. The van der Waals surface area contributed by atoms with Gasteiger partial charge in [0.15, 0.2) is 0 Å². The maximum atomic E-state index is 13.0. The van der Waals surface area contributed by atoms with Crippen molar-refractivity contribution >= 4 is 39.1 Å². The summed E-state index contributed by atoms with van der Waals surface area (Å²) in [5.41, 5.74) is 2.45. The monoisotopic (exact) mass is 476 g/mol. The van der Waals surface area contributed by atoms with Crippen molar-refractivity contribution in [3.63, 3.8) is 0 Å². The number of anilines is 2. The molecule has 30 heavy (non-hydrogen) atoms. The van der Waals surface area contributed by atoms with E-state index in [2.05, 4.69) is 36.4 Å². The Morgan fingerprint density at radius 1 is 1.07 bits per heavy atom. The van der Waals surface area contributed by atoms with E-state index in [1.54, 1.807) is 0 Å². The number of nitrogens with zero attached hydrogens (tertiary/aromatic N) is 2. The second-order valence-corrected chi connectivity index (χ2v) is 8.37. The first-order chi connectivity index (χ1) is 14.3. The maximum Gasteiger partial charge on any atom is 0.241 e. The molecule has 1 unspecified atom stereocenters. The number of benzene rings is 2. The number of piperazine rings is 1. The Kier molecular flexibility index (Phi) is 7.58. The fourth-order valence-electron chi connectivity index (χ4n) is 3.37. The summed E-state index contributed by atoms with van der Waals surface area (Å²) >= 11 is 3.49. The Hall–Kier alpha value is -2.29. The predicted octanol–water partition coefficient (Wildman–Crippen LogP) is 3.48. The molecule has 3 rings (SSSR count). The number of carbonyl (C=O) groups excluding carboxylic acids is 2. The van der Waals surface area contributed by atoms with Crippen LogP contribution in [0.4, 0.5) is 15.8 Å². The molecular weight excluding hydrogens is 451 g/mol. The van der Waals surface area contributed by atoms with Crippen molar-refractivity contribution in [1.82, 2.24) is 9.80 Å². The fraction of sp³-hybridized carbons (Fsp3) is 0.364. The van der Waals surface area contributed by atoms with Gasteiger partial charge >= 0.3 is 0 Å². The van der Waals surface area contributed by atoms with E-state index in [0.29, 0.717) is 31.9 Å². The van der Waals surface area contributed by atoms with E-state index >= 15 is 0 Å². The molecule has 6 nitrogen and oxygen atoms in total. The minimum atomic E-state index is -0.336. The Morgan fingerprint density at radius 2 is 1.73 bits per heavy atom. The molecule has 2 amide bonds. The van der Waals surface area contributed by atoms with E-state index in [4.69, 9.17) is 0 Å². The zero-order valence-corrected chi connectivity index (χ0v) is 18.7. The highest BCUT2D eigenvalue weighted by atomic mass is 79.9. The van der Waals surface area contributed by atoms with E-state index in [-0.39, 0.29) is 30.2 Å². The zero-order valence-electron chi connectivity index (χ0n) is 17.1. The molecule has 2 aromatic rings. The van der Waals surface area contributed by atoms with Crippen LogP contribution in [-0.2, 0) is 9.59 Å². The van der Waals surface area contributed by atoms with Gasteiger partial charge in [-0.1, -0.05) is 6.07 Å². The third kappa shape index (κ3) is 6.10. The number of aryl methyl sites for hydroxylation is 1. The molecule has 0 bridgehead atoms. The van der Waals surface area contributed by atoms with Crippen LogP contribution in [0.15, 0.2) is 46.9 Å². The zero-order chi connectivity index (χ0) is 21.7. The summed E-state index contributed by atoms with van der Waals surface area (Å²) < 4.78 is 13.8. The average Bonchev–Trinajstić information content (AvgIpc) is 2.71.